The number of aliphatic carboxylic acids is 1. The Hall–Kier alpha value is -1.49. The summed E-state index contributed by atoms with van der Waals surface area (Å²) >= 11 is 1.60. The largest absolute Gasteiger partial charge is 0.479 e. The quantitative estimate of drug-likeness (QED) is 0.887. The van der Waals surface area contributed by atoms with E-state index >= 15 is 0 Å². The Bertz CT molecular complexity index is 469. The van der Waals surface area contributed by atoms with Crippen LogP contribution in [0.25, 0.3) is 0 Å². The predicted molar refractivity (Wildman–Crippen MR) is 75.1 cm³/mol. The summed E-state index contributed by atoms with van der Waals surface area (Å²) in [6.07, 6.45) is 1.79. The average Bonchev–Trinajstić information content (AvgIpc) is 2.84. The molecule has 0 radical (unpaired) electrons. The van der Waals surface area contributed by atoms with Gasteiger partial charge < -0.3 is 10.4 Å². The summed E-state index contributed by atoms with van der Waals surface area (Å²) in [6, 6.07) is 7.80. The molecule has 2 atom stereocenters. The summed E-state index contributed by atoms with van der Waals surface area (Å²) in [5, 5.41) is 11.9. The zero-order valence-corrected chi connectivity index (χ0v) is 11.6. The maximum atomic E-state index is 12.3. The second kappa shape index (κ2) is 5.65. The number of hydrogen-bond donors (Lipinski definition) is 2. The van der Waals surface area contributed by atoms with Gasteiger partial charge in [0, 0.05) is 0 Å². The molecule has 1 aromatic carbocycles. The maximum absolute atomic E-state index is 12.3. The molecule has 19 heavy (non-hydrogen) atoms. The Kier molecular flexibility index (Phi) is 4.14. The molecule has 4 nitrogen and oxygen atoms in total. The van der Waals surface area contributed by atoms with E-state index in [9.17, 15) is 14.7 Å². The van der Waals surface area contributed by atoms with Crippen LogP contribution in [0, 0.1) is 0 Å². The topological polar surface area (TPSA) is 66.4 Å². The fourth-order valence-corrected chi connectivity index (χ4v) is 3.39. The predicted octanol–water partition coefficient (Wildman–Crippen LogP) is 2.21. The molecule has 1 aliphatic heterocycles. The first-order chi connectivity index (χ1) is 9.03. The molecule has 1 heterocycles. The molecular formula is C14H17NO3S. The average molecular weight is 279 g/mol. The Morgan fingerprint density at radius 3 is 2.58 bits per heavy atom. The molecule has 2 N–H and O–H groups in total. The second-order valence-electron chi connectivity index (χ2n) is 4.84. The van der Waals surface area contributed by atoms with Crippen molar-refractivity contribution in [1.82, 2.24) is 5.32 Å². The van der Waals surface area contributed by atoms with Crippen LogP contribution in [-0.2, 0) is 9.59 Å². The zero-order valence-electron chi connectivity index (χ0n) is 10.8. The van der Waals surface area contributed by atoms with Crippen molar-refractivity contribution in [1.29, 1.82) is 0 Å². The number of carboxylic acids is 1. The zero-order chi connectivity index (χ0) is 13.9. The maximum Gasteiger partial charge on any atom is 0.330 e. The smallest absolute Gasteiger partial charge is 0.330 e. The van der Waals surface area contributed by atoms with Gasteiger partial charge in [0.2, 0.25) is 5.91 Å². The van der Waals surface area contributed by atoms with Crippen LogP contribution in [0.3, 0.4) is 0 Å². The lowest BCUT2D eigenvalue weighted by Gasteiger charge is -2.24. The third-order valence-electron chi connectivity index (χ3n) is 3.35. The summed E-state index contributed by atoms with van der Waals surface area (Å²) in [4.78, 5) is 23.6. The number of carbonyl (C=O) groups is 2. The van der Waals surface area contributed by atoms with Crippen molar-refractivity contribution >= 4 is 23.6 Å². The van der Waals surface area contributed by atoms with Gasteiger partial charge in [0.15, 0.2) is 6.04 Å². The second-order valence-corrected chi connectivity index (χ2v) is 6.44. The lowest BCUT2D eigenvalue weighted by Crippen LogP contribution is -2.44. The number of hydrogen-bond acceptors (Lipinski definition) is 3. The molecule has 1 saturated heterocycles. The fourth-order valence-electron chi connectivity index (χ4n) is 2.18. The van der Waals surface area contributed by atoms with Crippen LogP contribution in [0.5, 0.6) is 0 Å². The van der Waals surface area contributed by atoms with Crippen molar-refractivity contribution in [2.75, 3.05) is 5.75 Å². The SMILES string of the molecule is CC1(C(=O)N[C@H](C(=O)O)c2ccccc2)CCCS1. The van der Waals surface area contributed by atoms with Gasteiger partial charge >= 0.3 is 5.97 Å². The van der Waals surface area contributed by atoms with Gasteiger partial charge in [-0.25, -0.2) is 4.79 Å². The van der Waals surface area contributed by atoms with E-state index in [1.54, 1.807) is 36.0 Å². The lowest BCUT2D eigenvalue weighted by atomic mass is 10.0. The van der Waals surface area contributed by atoms with E-state index in [1.165, 1.54) is 0 Å². The van der Waals surface area contributed by atoms with E-state index in [2.05, 4.69) is 5.32 Å². The minimum Gasteiger partial charge on any atom is -0.479 e. The van der Waals surface area contributed by atoms with E-state index in [1.807, 2.05) is 13.0 Å². The van der Waals surface area contributed by atoms with Gasteiger partial charge in [-0.1, -0.05) is 30.3 Å². The molecule has 5 heteroatoms. The summed E-state index contributed by atoms with van der Waals surface area (Å²) in [7, 11) is 0. The molecule has 0 aromatic heterocycles. The van der Waals surface area contributed by atoms with Gasteiger partial charge in [-0.3, -0.25) is 4.79 Å². The van der Waals surface area contributed by atoms with Crippen molar-refractivity contribution in [3.8, 4) is 0 Å². The highest BCUT2D eigenvalue weighted by Crippen LogP contribution is 2.38. The molecule has 1 fully saturated rings. The van der Waals surface area contributed by atoms with Gasteiger partial charge in [0.25, 0.3) is 0 Å². The molecule has 2 rings (SSSR count). The molecule has 0 bridgehead atoms. The molecule has 1 aromatic rings. The van der Waals surface area contributed by atoms with Crippen molar-refractivity contribution in [2.45, 2.75) is 30.6 Å². The van der Waals surface area contributed by atoms with Gasteiger partial charge in [0.1, 0.15) is 0 Å². The van der Waals surface area contributed by atoms with Gasteiger partial charge in [0.05, 0.1) is 4.75 Å². The number of rotatable bonds is 4. The Labute approximate surface area is 116 Å². The van der Waals surface area contributed by atoms with Crippen LogP contribution in [0.4, 0.5) is 0 Å². The van der Waals surface area contributed by atoms with Gasteiger partial charge in [-0.2, -0.15) is 0 Å². The minimum absolute atomic E-state index is 0.189. The summed E-state index contributed by atoms with van der Waals surface area (Å²) in [6.45, 7) is 1.88. The van der Waals surface area contributed by atoms with Gasteiger partial charge in [-0.15, -0.1) is 11.8 Å². The van der Waals surface area contributed by atoms with Crippen LogP contribution in [0.2, 0.25) is 0 Å². The fraction of sp³-hybridized carbons (Fsp3) is 0.429. The highest BCUT2D eigenvalue weighted by Gasteiger charge is 2.39. The molecule has 0 aliphatic carbocycles. The first-order valence-corrected chi connectivity index (χ1v) is 7.24. The highest BCUT2D eigenvalue weighted by atomic mass is 32.2. The molecule has 1 aliphatic rings. The monoisotopic (exact) mass is 279 g/mol. The van der Waals surface area contributed by atoms with E-state index in [-0.39, 0.29) is 5.91 Å². The van der Waals surface area contributed by atoms with Crippen LogP contribution in [0.15, 0.2) is 30.3 Å². The highest BCUT2D eigenvalue weighted by molar-refractivity contribution is 8.01. The van der Waals surface area contributed by atoms with Gasteiger partial charge in [-0.05, 0) is 31.1 Å². The Balaban J connectivity index is 2.14. The molecule has 1 amide bonds. The molecule has 0 saturated carbocycles. The van der Waals surface area contributed by atoms with Crippen LogP contribution in [-0.4, -0.2) is 27.5 Å². The molecule has 0 spiro atoms. The number of thioether (sulfide) groups is 1. The van der Waals surface area contributed by atoms with Crippen molar-refractivity contribution in [3.63, 3.8) is 0 Å². The van der Waals surface area contributed by atoms with Crippen molar-refractivity contribution in [3.05, 3.63) is 35.9 Å². The number of benzene rings is 1. The van der Waals surface area contributed by atoms with Crippen molar-refractivity contribution in [2.24, 2.45) is 0 Å². The molecule has 102 valence electrons. The lowest BCUT2D eigenvalue weighted by molar-refractivity contribution is -0.142. The summed E-state index contributed by atoms with van der Waals surface area (Å²) in [5.41, 5.74) is 0.593. The van der Waals surface area contributed by atoms with E-state index in [0.717, 1.165) is 18.6 Å². The van der Waals surface area contributed by atoms with Crippen molar-refractivity contribution < 1.29 is 14.7 Å². The Morgan fingerprint density at radius 1 is 1.37 bits per heavy atom. The molecule has 1 unspecified atom stereocenters. The first-order valence-electron chi connectivity index (χ1n) is 6.25. The Morgan fingerprint density at radius 2 is 2.05 bits per heavy atom. The van der Waals surface area contributed by atoms with E-state index < -0.39 is 16.8 Å². The number of amides is 1. The minimum atomic E-state index is -1.04. The summed E-state index contributed by atoms with van der Waals surface area (Å²) in [5.74, 6) is -0.273. The molecular weight excluding hydrogens is 262 g/mol. The normalized spacial score (nSPS) is 23.8. The number of carboxylic acid groups (broad SMARTS) is 1. The number of carbonyl (C=O) groups excluding carboxylic acids is 1. The third kappa shape index (κ3) is 3.10. The van der Waals surface area contributed by atoms with E-state index in [0.29, 0.717) is 5.56 Å². The van der Waals surface area contributed by atoms with Crippen LogP contribution >= 0.6 is 11.8 Å². The number of nitrogens with one attached hydrogen (secondary N) is 1. The van der Waals surface area contributed by atoms with Crippen LogP contribution in [0.1, 0.15) is 31.4 Å². The summed E-state index contributed by atoms with van der Waals surface area (Å²) < 4.78 is -0.498. The third-order valence-corrected chi connectivity index (χ3v) is 4.87. The van der Waals surface area contributed by atoms with Crippen LogP contribution < -0.4 is 5.32 Å². The standard InChI is InChI=1S/C14H17NO3S/c1-14(8-5-9-19-14)13(18)15-11(12(16)17)10-6-3-2-4-7-10/h2-4,6-7,11H,5,8-9H2,1H3,(H,15,18)(H,16,17)/t11-,14?/m0/s1. The first kappa shape index (κ1) is 13.9. The van der Waals surface area contributed by atoms with E-state index in [4.69, 9.17) is 0 Å².